The van der Waals surface area contributed by atoms with Gasteiger partial charge in [-0.1, -0.05) is 52.0 Å². The highest BCUT2D eigenvalue weighted by Gasteiger charge is 2.16. The van der Waals surface area contributed by atoms with Gasteiger partial charge < -0.3 is 10.3 Å². The molecule has 0 saturated heterocycles. The van der Waals surface area contributed by atoms with Gasteiger partial charge in [0, 0.05) is 18.3 Å². The highest BCUT2D eigenvalue weighted by atomic mass is 16.1. The van der Waals surface area contributed by atoms with Crippen molar-refractivity contribution in [3.63, 3.8) is 0 Å². The lowest BCUT2D eigenvalue weighted by Crippen LogP contribution is -2.29. The van der Waals surface area contributed by atoms with Crippen LogP contribution in [0, 0.1) is 0 Å². The third kappa shape index (κ3) is 3.14. The summed E-state index contributed by atoms with van der Waals surface area (Å²) >= 11 is 0. The molecule has 0 saturated carbocycles. The molecule has 1 atom stereocenters. The molecule has 1 aromatic carbocycles. The standard InChI is InChI=1S/C19H26N2O/c1-12(2)14-6-8-15(9-7-14)18(20)16-10-11-17(13(3)4)21(5)19(16)22/h6-13,18H,20H2,1-5H3. The van der Waals surface area contributed by atoms with Crippen molar-refractivity contribution in [3.05, 3.63) is 69.1 Å². The fraction of sp³-hybridized carbons (Fsp3) is 0.421. The van der Waals surface area contributed by atoms with E-state index >= 15 is 0 Å². The topological polar surface area (TPSA) is 48.0 Å². The smallest absolute Gasteiger partial charge is 0.255 e. The molecule has 0 aliphatic carbocycles. The predicted molar refractivity (Wildman–Crippen MR) is 92.3 cm³/mol. The van der Waals surface area contributed by atoms with Crippen molar-refractivity contribution in [1.29, 1.82) is 0 Å². The lowest BCUT2D eigenvalue weighted by atomic mass is 9.96. The quantitative estimate of drug-likeness (QED) is 0.936. The van der Waals surface area contributed by atoms with Crippen molar-refractivity contribution >= 4 is 0 Å². The fourth-order valence-electron chi connectivity index (χ4n) is 2.75. The number of hydrogen-bond donors (Lipinski definition) is 1. The van der Waals surface area contributed by atoms with Gasteiger partial charge in [-0.05, 0) is 35.1 Å². The molecule has 0 amide bonds. The zero-order valence-electron chi connectivity index (χ0n) is 14.1. The van der Waals surface area contributed by atoms with Crippen molar-refractivity contribution in [2.75, 3.05) is 0 Å². The molecule has 0 aliphatic rings. The van der Waals surface area contributed by atoms with Gasteiger partial charge in [0.25, 0.3) is 5.56 Å². The van der Waals surface area contributed by atoms with Crippen LogP contribution in [0.2, 0.25) is 0 Å². The molecule has 2 rings (SSSR count). The Balaban J connectivity index is 2.39. The molecular weight excluding hydrogens is 272 g/mol. The van der Waals surface area contributed by atoms with Gasteiger partial charge in [-0.25, -0.2) is 0 Å². The molecule has 118 valence electrons. The van der Waals surface area contributed by atoms with E-state index in [-0.39, 0.29) is 11.6 Å². The van der Waals surface area contributed by atoms with Gasteiger partial charge in [0.2, 0.25) is 0 Å². The summed E-state index contributed by atoms with van der Waals surface area (Å²) in [6.45, 7) is 8.49. The van der Waals surface area contributed by atoms with Gasteiger partial charge in [0.15, 0.2) is 0 Å². The Kier molecular flexibility index (Phi) is 4.87. The van der Waals surface area contributed by atoms with E-state index in [9.17, 15) is 4.79 Å². The van der Waals surface area contributed by atoms with E-state index in [1.54, 1.807) is 4.57 Å². The number of aromatic nitrogens is 1. The fourth-order valence-corrected chi connectivity index (χ4v) is 2.75. The Hall–Kier alpha value is -1.87. The van der Waals surface area contributed by atoms with Crippen LogP contribution >= 0.6 is 0 Å². The summed E-state index contributed by atoms with van der Waals surface area (Å²) in [5, 5.41) is 0. The molecule has 1 unspecified atom stereocenters. The Bertz CT molecular complexity index is 696. The molecule has 0 radical (unpaired) electrons. The van der Waals surface area contributed by atoms with Crippen molar-refractivity contribution in [2.45, 2.75) is 45.6 Å². The molecule has 3 heteroatoms. The van der Waals surface area contributed by atoms with E-state index in [1.807, 2.05) is 31.3 Å². The van der Waals surface area contributed by atoms with Gasteiger partial charge in [-0.3, -0.25) is 4.79 Å². The minimum Gasteiger partial charge on any atom is -0.320 e. The van der Waals surface area contributed by atoms with E-state index in [4.69, 9.17) is 5.73 Å². The Labute approximate surface area is 132 Å². The van der Waals surface area contributed by atoms with E-state index in [0.29, 0.717) is 17.4 Å². The first-order valence-electron chi connectivity index (χ1n) is 7.88. The number of pyridine rings is 1. The maximum atomic E-state index is 12.6. The number of rotatable bonds is 4. The van der Waals surface area contributed by atoms with Crippen molar-refractivity contribution in [2.24, 2.45) is 12.8 Å². The normalized spacial score (nSPS) is 12.9. The number of hydrogen-bond acceptors (Lipinski definition) is 2. The lowest BCUT2D eigenvalue weighted by Gasteiger charge is -2.17. The van der Waals surface area contributed by atoms with Crippen LogP contribution in [-0.4, -0.2) is 4.57 Å². The third-order valence-electron chi connectivity index (χ3n) is 4.26. The SMILES string of the molecule is CC(C)c1ccc(C(N)c2ccc(C(C)C)n(C)c2=O)cc1. The van der Waals surface area contributed by atoms with Crippen molar-refractivity contribution in [3.8, 4) is 0 Å². The molecule has 0 fully saturated rings. The summed E-state index contributed by atoms with van der Waals surface area (Å²) in [6, 6.07) is 11.7. The molecule has 0 aliphatic heterocycles. The summed E-state index contributed by atoms with van der Waals surface area (Å²) in [6.07, 6.45) is 0. The molecule has 0 spiro atoms. The molecule has 2 aromatic rings. The summed E-state index contributed by atoms with van der Waals surface area (Å²) in [4.78, 5) is 12.6. The summed E-state index contributed by atoms with van der Waals surface area (Å²) in [5.74, 6) is 0.803. The van der Waals surface area contributed by atoms with Crippen LogP contribution in [0.25, 0.3) is 0 Å². The first-order valence-corrected chi connectivity index (χ1v) is 7.88. The van der Waals surface area contributed by atoms with E-state index in [1.165, 1.54) is 5.56 Å². The van der Waals surface area contributed by atoms with Crippen LogP contribution in [0.3, 0.4) is 0 Å². The zero-order valence-corrected chi connectivity index (χ0v) is 14.1. The highest BCUT2D eigenvalue weighted by molar-refractivity contribution is 5.33. The number of nitrogens with zero attached hydrogens (tertiary/aromatic N) is 1. The molecular formula is C19H26N2O. The first-order chi connectivity index (χ1) is 10.3. The van der Waals surface area contributed by atoms with Crippen molar-refractivity contribution in [1.82, 2.24) is 4.57 Å². The molecule has 2 N–H and O–H groups in total. The minimum atomic E-state index is -0.388. The van der Waals surface area contributed by atoms with Crippen LogP contribution in [0.1, 0.15) is 68.0 Å². The van der Waals surface area contributed by atoms with Crippen LogP contribution in [-0.2, 0) is 7.05 Å². The monoisotopic (exact) mass is 298 g/mol. The van der Waals surface area contributed by atoms with Gasteiger partial charge in [-0.15, -0.1) is 0 Å². The molecule has 1 heterocycles. The van der Waals surface area contributed by atoms with Gasteiger partial charge in [0.1, 0.15) is 0 Å². The minimum absolute atomic E-state index is 0.00774. The lowest BCUT2D eigenvalue weighted by molar-refractivity contribution is 0.688. The molecule has 1 aromatic heterocycles. The predicted octanol–water partition coefficient (Wildman–Crippen LogP) is 3.68. The second kappa shape index (κ2) is 6.49. The van der Waals surface area contributed by atoms with Crippen LogP contribution in [0.5, 0.6) is 0 Å². The van der Waals surface area contributed by atoms with E-state index in [0.717, 1.165) is 11.3 Å². The van der Waals surface area contributed by atoms with Gasteiger partial charge >= 0.3 is 0 Å². The second-order valence-corrected chi connectivity index (χ2v) is 6.53. The first kappa shape index (κ1) is 16.5. The average Bonchev–Trinajstić information content (AvgIpc) is 2.49. The van der Waals surface area contributed by atoms with Crippen LogP contribution in [0.15, 0.2) is 41.2 Å². The molecule has 0 bridgehead atoms. The number of benzene rings is 1. The second-order valence-electron chi connectivity index (χ2n) is 6.53. The highest BCUT2D eigenvalue weighted by Crippen LogP contribution is 2.21. The van der Waals surface area contributed by atoms with E-state index in [2.05, 4.69) is 39.8 Å². The zero-order chi connectivity index (χ0) is 16.4. The van der Waals surface area contributed by atoms with E-state index < -0.39 is 0 Å². The number of nitrogens with two attached hydrogens (primary N) is 1. The summed E-state index contributed by atoms with van der Waals surface area (Å²) in [5.41, 5.74) is 10.2. The van der Waals surface area contributed by atoms with Gasteiger partial charge in [-0.2, -0.15) is 0 Å². The van der Waals surface area contributed by atoms with Crippen molar-refractivity contribution < 1.29 is 0 Å². The van der Waals surface area contributed by atoms with Crippen LogP contribution < -0.4 is 11.3 Å². The molecule has 3 nitrogen and oxygen atoms in total. The maximum absolute atomic E-state index is 12.6. The largest absolute Gasteiger partial charge is 0.320 e. The summed E-state index contributed by atoms with van der Waals surface area (Å²) < 4.78 is 1.71. The summed E-state index contributed by atoms with van der Waals surface area (Å²) in [7, 11) is 1.82. The van der Waals surface area contributed by atoms with Crippen LogP contribution in [0.4, 0.5) is 0 Å². The Morgan fingerprint density at radius 2 is 1.41 bits per heavy atom. The Morgan fingerprint density at radius 3 is 1.91 bits per heavy atom. The third-order valence-corrected chi connectivity index (χ3v) is 4.26. The Morgan fingerprint density at radius 1 is 0.864 bits per heavy atom. The molecule has 22 heavy (non-hydrogen) atoms. The van der Waals surface area contributed by atoms with Gasteiger partial charge in [0.05, 0.1) is 6.04 Å². The maximum Gasteiger partial charge on any atom is 0.255 e. The average molecular weight is 298 g/mol.